The maximum absolute atomic E-state index is 13.1. The summed E-state index contributed by atoms with van der Waals surface area (Å²) in [5.41, 5.74) is 6.63. The first-order valence-electron chi connectivity index (χ1n) is 4.40. The van der Waals surface area contributed by atoms with Crippen LogP contribution in [-0.2, 0) is 0 Å². The van der Waals surface area contributed by atoms with E-state index < -0.39 is 11.9 Å². The molecule has 0 radical (unpaired) electrons. The Labute approximate surface area is 87.5 Å². The minimum Gasteiger partial charge on any atom is -0.388 e. The maximum Gasteiger partial charge on any atom is 0.142 e. The van der Waals surface area contributed by atoms with Crippen LogP contribution in [0.4, 0.5) is 4.39 Å². The summed E-state index contributed by atoms with van der Waals surface area (Å²) in [7, 11) is 0. The molecule has 0 fully saturated rings. The van der Waals surface area contributed by atoms with Crippen molar-refractivity contribution in [3.8, 4) is 0 Å². The molecule has 1 aromatic rings. The predicted octanol–water partition coefficient (Wildman–Crippen LogP) is 2.17. The number of hydrogen-bond acceptors (Lipinski definition) is 2. The van der Waals surface area contributed by atoms with Crippen LogP contribution in [-0.4, -0.2) is 11.7 Å². The fourth-order valence-corrected chi connectivity index (χ4v) is 1.55. The Bertz CT molecular complexity index is 330. The number of aliphatic hydroxyl groups is 1. The van der Waals surface area contributed by atoms with E-state index >= 15 is 0 Å². The van der Waals surface area contributed by atoms with Gasteiger partial charge in [0.25, 0.3) is 0 Å². The molecule has 0 amide bonds. The van der Waals surface area contributed by atoms with Gasteiger partial charge in [0.2, 0.25) is 0 Å². The summed E-state index contributed by atoms with van der Waals surface area (Å²) in [4.78, 5) is 0. The third-order valence-corrected chi connectivity index (χ3v) is 2.40. The molecule has 0 aromatic heterocycles. The molecule has 1 rings (SSSR count). The number of rotatable bonds is 3. The fraction of sp³-hybridized carbons (Fsp3) is 0.400. The van der Waals surface area contributed by atoms with Gasteiger partial charge in [-0.2, -0.15) is 0 Å². The number of hydrogen-bond donors (Lipinski definition) is 2. The smallest absolute Gasteiger partial charge is 0.142 e. The van der Waals surface area contributed by atoms with Gasteiger partial charge in [0.1, 0.15) is 5.82 Å². The molecule has 0 aliphatic rings. The predicted molar refractivity (Wildman–Crippen MR) is 54.8 cm³/mol. The molecule has 1 unspecified atom stereocenters. The van der Waals surface area contributed by atoms with E-state index in [0.29, 0.717) is 18.5 Å². The van der Waals surface area contributed by atoms with Gasteiger partial charge in [0.05, 0.1) is 11.1 Å². The second-order valence-electron chi connectivity index (χ2n) is 3.22. The minimum atomic E-state index is -0.716. The Morgan fingerprint density at radius 1 is 1.57 bits per heavy atom. The first-order valence-corrected chi connectivity index (χ1v) is 4.77. The minimum absolute atomic E-state index is 0.0752. The molecule has 0 aliphatic heterocycles. The van der Waals surface area contributed by atoms with Crippen LogP contribution in [0.15, 0.2) is 12.1 Å². The van der Waals surface area contributed by atoms with Crippen molar-refractivity contribution in [3.63, 3.8) is 0 Å². The molecule has 0 heterocycles. The molecule has 0 bridgehead atoms. The van der Waals surface area contributed by atoms with E-state index in [1.807, 2.05) is 0 Å². The first kappa shape index (κ1) is 11.4. The van der Waals surface area contributed by atoms with Crippen LogP contribution >= 0.6 is 11.6 Å². The van der Waals surface area contributed by atoms with Crippen molar-refractivity contribution < 1.29 is 9.50 Å². The van der Waals surface area contributed by atoms with E-state index in [2.05, 4.69) is 0 Å². The third-order valence-electron chi connectivity index (χ3n) is 2.11. The Balaban J connectivity index is 3.02. The molecule has 0 spiro atoms. The van der Waals surface area contributed by atoms with E-state index in [-0.39, 0.29) is 5.02 Å². The molecular formula is C10H13ClFNO. The second kappa shape index (κ2) is 4.73. The molecule has 3 N–H and O–H groups in total. The maximum atomic E-state index is 13.1. The topological polar surface area (TPSA) is 46.2 Å². The number of halogens is 2. The molecule has 1 aromatic carbocycles. The van der Waals surface area contributed by atoms with Crippen molar-refractivity contribution in [2.75, 3.05) is 6.54 Å². The number of aryl methyl sites for hydroxylation is 1. The van der Waals surface area contributed by atoms with Gasteiger partial charge >= 0.3 is 0 Å². The summed E-state index contributed by atoms with van der Waals surface area (Å²) in [6, 6.07) is 2.77. The van der Waals surface area contributed by atoms with Gasteiger partial charge < -0.3 is 10.8 Å². The Morgan fingerprint density at radius 2 is 2.21 bits per heavy atom. The van der Waals surface area contributed by atoms with Gasteiger partial charge in [-0.15, -0.1) is 0 Å². The van der Waals surface area contributed by atoms with Crippen molar-refractivity contribution in [3.05, 3.63) is 34.1 Å². The van der Waals surface area contributed by atoms with Crippen LogP contribution in [0.25, 0.3) is 0 Å². The molecule has 1 atom stereocenters. The van der Waals surface area contributed by atoms with Crippen molar-refractivity contribution in [2.45, 2.75) is 19.4 Å². The van der Waals surface area contributed by atoms with E-state index in [0.717, 1.165) is 5.56 Å². The van der Waals surface area contributed by atoms with E-state index in [4.69, 9.17) is 17.3 Å². The fourth-order valence-electron chi connectivity index (χ4n) is 1.33. The molecule has 2 nitrogen and oxygen atoms in total. The molecule has 0 aliphatic carbocycles. The number of aliphatic hydroxyl groups excluding tert-OH is 1. The van der Waals surface area contributed by atoms with Gasteiger partial charge in [0, 0.05) is 0 Å². The highest BCUT2D eigenvalue weighted by atomic mass is 35.5. The number of nitrogens with two attached hydrogens (primary N) is 1. The van der Waals surface area contributed by atoms with E-state index in [1.165, 1.54) is 12.1 Å². The Hall–Kier alpha value is -0.640. The molecule has 78 valence electrons. The Kier molecular flexibility index (Phi) is 3.86. The highest BCUT2D eigenvalue weighted by molar-refractivity contribution is 6.30. The summed E-state index contributed by atoms with van der Waals surface area (Å²) < 4.78 is 13.1. The van der Waals surface area contributed by atoms with Crippen molar-refractivity contribution in [2.24, 2.45) is 5.73 Å². The quantitative estimate of drug-likeness (QED) is 0.815. The molecule has 4 heteroatoms. The lowest BCUT2D eigenvalue weighted by Gasteiger charge is -2.13. The Morgan fingerprint density at radius 3 is 2.79 bits per heavy atom. The van der Waals surface area contributed by atoms with Gasteiger partial charge in [-0.3, -0.25) is 0 Å². The SMILES string of the molecule is Cc1cc(Cl)c(F)cc1C(O)CCN. The van der Waals surface area contributed by atoms with Gasteiger partial charge in [0.15, 0.2) is 0 Å². The van der Waals surface area contributed by atoms with Crippen molar-refractivity contribution >= 4 is 11.6 Å². The summed E-state index contributed by atoms with van der Waals surface area (Å²) in [5.74, 6) is -0.511. The van der Waals surface area contributed by atoms with Crippen molar-refractivity contribution in [1.29, 1.82) is 0 Å². The molecular weight excluding hydrogens is 205 g/mol. The van der Waals surface area contributed by atoms with E-state index in [9.17, 15) is 9.50 Å². The molecule has 14 heavy (non-hydrogen) atoms. The summed E-state index contributed by atoms with van der Waals surface area (Å²) in [6.45, 7) is 2.14. The zero-order valence-corrected chi connectivity index (χ0v) is 8.68. The largest absolute Gasteiger partial charge is 0.388 e. The van der Waals surface area contributed by atoms with E-state index in [1.54, 1.807) is 6.92 Å². The lowest BCUT2D eigenvalue weighted by atomic mass is 10.0. The number of benzene rings is 1. The summed E-state index contributed by atoms with van der Waals surface area (Å²) in [5, 5.41) is 9.70. The third kappa shape index (κ3) is 2.44. The van der Waals surface area contributed by atoms with Crippen LogP contribution in [0.2, 0.25) is 5.02 Å². The lowest BCUT2D eigenvalue weighted by Crippen LogP contribution is -2.08. The average Bonchev–Trinajstić information content (AvgIpc) is 2.11. The average molecular weight is 218 g/mol. The highest BCUT2D eigenvalue weighted by Gasteiger charge is 2.12. The van der Waals surface area contributed by atoms with Crippen LogP contribution in [0.1, 0.15) is 23.7 Å². The van der Waals surface area contributed by atoms with Crippen LogP contribution < -0.4 is 5.73 Å². The zero-order valence-electron chi connectivity index (χ0n) is 7.93. The van der Waals surface area contributed by atoms with Crippen molar-refractivity contribution in [1.82, 2.24) is 0 Å². The normalized spacial score (nSPS) is 12.9. The molecule has 0 saturated heterocycles. The van der Waals surface area contributed by atoms with Crippen LogP contribution in [0, 0.1) is 12.7 Å². The van der Waals surface area contributed by atoms with Gasteiger partial charge in [-0.25, -0.2) is 4.39 Å². The highest BCUT2D eigenvalue weighted by Crippen LogP contribution is 2.25. The van der Waals surface area contributed by atoms with Gasteiger partial charge in [-0.1, -0.05) is 11.6 Å². The lowest BCUT2D eigenvalue weighted by molar-refractivity contribution is 0.169. The monoisotopic (exact) mass is 217 g/mol. The zero-order chi connectivity index (χ0) is 10.7. The summed E-state index contributed by atoms with van der Waals surface area (Å²) >= 11 is 5.59. The van der Waals surface area contributed by atoms with Crippen LogP contribution in [0.3, 0.4) is 0 Å². The summed E-state index contributed by atoms with van der Waals surface area (Å²) in [6.07, 6.45) is -0.297. The molecule has 0 saturated carbocycles. The van der Waals surface area contributed by atoms with Gasteiger partial charge in [-0.05, 0) is 43.1 Å². The standard InChI is InChI=1S/C10H13ClFNO/c1-6-4-8(11)9(12)5-7(6)10(14)2-3-13/h4-5,10,14H,2-3,13H2,1H3. The first-order chi connectivity index (χ1) is 6.56. The second-order valence-corrected chi connectivity index (χ2v) is 3.62. The van der Waals surface area contributed by atoms with Crippen LogP contribution in [0.5, 0.6) is 0 Å².